The summed E-state index contributed by atoms with van der Waals surface area (Å²) in [4.78, 5) is 0. The Kier molecular flexibility index (Phi) is 4.81. The molecule has 0 bridgehead atoms. The highest BCUT2D eigenvalue weighted by atomic mass is 16.5. The minimum absolute atomic E-state index is 0.282. The summed E-state index contributed by atoms with van der Waals surface area (Å²) in [5.74, 6) is 0. The zero-order valence-electron chi connectivity index (χ0n) is 8.87. The van der Waals surface area contributed by atoms with Gasteiger partial charge in [0.1, 0.15) is 0 Å². The van der Waals surface area contributed by atoms with Crippen molar-refractivity contribution in [2.45, 2.75) is 37.9 Å². The lowest BCUT2D eigenvalue weighted by molar-refractivity contribution is -0.0507. The van der Waals surface area contributed by atoms with Gasteiger partial charge in [0.25, 0.3) is 0 Å². The smallest absolute Gasteiger partial charge is 0.0763 e. The van der Waals surface area contributed by atoms with E-state index < -0.39 is 5.60 Å². The summed E-state index contributed by atoms with van der Waals surface area (Å²) < 4.78 is 10.8. The second-order valence-corrected chi connectivity index (χ2v) is 4.13. The Morgan fingerprint density at radius 2 is 2.14 bits per heavy atom. The summed E-state index contributed by atoms with van der Waals surface area (Å²) in [5, 5.41) is 9.62. The average Bonchev–Trinajstić information content (AvgIpc) is 2.19. The Balaban J connectivity index is 2.08. The van der Waals surface area contributed by atoms with Crippen molar-refractivity contribution in [3.63, 3.8) is 0 Å². The molecule has 4 heteroatoms. The minimum Gasteiger partial charge on any atom is -0.389 e. The zero-order valence-corrected chi connectivity index (χ0v) is 8.87. The number of nitrogens with two attached hydrogens (primary N) is 1. The van der Waals surface area contributed by atoms with E-state index in [2.05, 4.69) is 0 Å². The van der Waals surface area contributed by atoms with Crippen molar-refractivity contribution in [2.24, 2.45) is 5.73 Å². The third-order valence-corrected chi connectivity index (χ3v) is 2.60. The number of hydrogen-bond acceptors (Lipinski definition) is 4. The van der Waals surface area contributed by atoms with Crippen molar-refractivity contribution in [2.75, 3.05) is 26.4 Å². The molecule has 0 amide bonds. The van der Waals surface area contributed by atoms with Crippen molar-refractivity contribution in [3.8, 4) is 0 Å². The highest BCUT2D eigenvalue weighted by Crippen LogP contribution is 2.13. The number of aliphatic hydroxyl groups is 1. The standard InChI is InChI=1S/C10H21NO3/c1-10(12,8-11)4-7-14-9-2-5-13-6-3-9/h9,12H,2-8,11H2,1H3. The first-order valence-electron chi connectivity index (χ1n) is 5.26. The topological polar surface area (TPSA) is 64.7 Å². The maximum atomic E-state index is 9.62. The summed E-state index contributed by atoms with van der Waals surface area (Å²) in [6.07, 6.45) is 2.83. The molecule has 1 rings (SSSR count). The van der Waals surface area contributed by atoms with Gasteiger partial charge in [-0.05, 0) is 19.8 Å². The van der Waals surface area contributed by atoms with Crippen LogP contribution in [0.25, 0.3) is 0 Å². The maximum absolute atomic E-state index is 9.62. The van der Waals surface area contributed by atoms with Gasteiger partial charge in [0.2, 0.25) is 0 Å². The molecule has 3 N–H and O–H groups in total. The average molecular weight is 203 g/mol. The third kappa shape index (κ3) is 4.37. The van der Waals surface area contributed by atoms with Crippen molar-refractivity contribution < 1.29 is 14.6 Å². The van der Waals surface area contributed by atoms with Crippen LogP contribution in [0, 0.1) is 0 Å². The van der Waals surface area contributed by atoms with Gasteiger partial charge in [-0.2, -0.15) is 0 Å². The molecule has 0 aromatic rings. The van der Waals surface area contributed by atoms with Crippen LogP contribution in [0.2, 0.25) is 0 Å². The van der Waals surface area contributed by atoms with Crippen LogP contribution in [0.4, 0.5) is 0 Å². The Labute approximate surface area is 85.4 Å². The van der Waals surface area contributed by atoms with Gasteiger partial charge in [-0.3, -0.25) is 0 Å². The SMILES string of the molecule is CC(O)(CN)CCOC1CCOCC1. The van der Waals surface area contributed by atoms with Gasteiger partial charge < -0.3 is 20.3 Å². The Morgan fingerprint density at radius 3 is 2.71 bits per heavy atom. The van der Waals surface area contributed by atoms with Crippen LogP contribution in [0.15, 0.2) is 0 Å². The van der Waals surface area contributed by atoms with Crippen molar-refractivity contribution in [3.05, 3.63) is 0 Å². The van der Waals surface area contributed by atoms with E-state index in [1.807, 2.05) is 0 Å². The fourth-order valence-electron chi connectivity index (χ4n) is 1.39. The summed E-state index contributed by atoms with van der Waals surface area (Å²) in [7, 11) is 0. The van der Waals surface area contributed by atoms with Gasteiger partial charge in [0.15, 0.2) is 0 Å². The molecular formula is C10H21NO3. The molecule has 14 heavy (non-hydrogen) atoms. The fourth-order valence-corrected chi connectivity index (χ4v) is 1.39. The molecule has 1 atom stereocenters. The van der Waals surface area contributed by atoms with E-state index in [9.17, 15) is 5.11 Å². The molecule has 1 heterocycles. The first-order valence-corrected chi connectivity index (χ1v) is 5.26. The lowest BCUT2D eigenvalue weighted by Crippen LogP contribution is -2.36. The van der Waals surface area contributed by atoms with E-state index in [1.165, 1.54) is 0 Å². The van der Waals surface area contributed by atoms with Crippen molar-refractivity contribution >= 4 is 0 Å². The van der Waals surface area contributed by atoms with Gasteiger partial charge in [-0.25, -0.2) is 0 Å². The number of ether oxygens (including phenoxy) is 2. The van der Waals surface area contributed by atoms with E-state index in [0.717, 1.165) is 26.1 Å². The Hall–Kier alpha value is -0.160. The Bertz CT molecular complexity index is 155. The van der Waals surface area contributed by atoms with Crippen LogP contribution in [-0.4, -0.2) is 43.2 Å². The van der Waals surface area contributed by atoms with Crippen molar-refractivity contribution in [1.82, 2.24) is 0 Å². The summed E-state index contributed by atoms with van der Waals surface area (Å²) >= 11 is 0. The molecule has 1 aliphatic rings. The molecule has 1 aliphatic heterocycles. The van der Waals surface area contributed by atoms with Crippen LogP contribution in [-0.2, 0) is 9.47 Å². The second kappa shape index (κ2) is 5.66. The monoisotopic (exact) mass is 203 g/mol. The quantitative estimate of drug-likeness (QED) is 0.673. The van der Waals surface area contributed by atoms with E-state index in [-0.39, 0.29) is 6.54 Å². The summed E-state index contributed by atoms with van der Waals surface area (Å²) in [5.41, 5.74) is 4.61. The summed E-state index contributed by atoms with van der Waals surface area (Å²) in [6, 6.07) is 0. The molecule has 0 aromatic carbocycles. The molecule has 0 saturated carbocycles. The molecule has 0 aliphatic carbocycles. The molecule has 0 radical (unpaired) electrons. The third-order valence-electron chi connectivity index (χ3n) is 2.60. The number of rotatable bonds is 5. The zero-order chi connectivity index (χ0) is 10.4. The van der Waals surface area contributed by atoms with Crippen LogP contribution < -0.4 is 5.73 Å². The summed E-state index contributed by atoms with van der Waals surface area (Å²) in [6.45, 7) is 4.18. The molecule has 0 spiro atoms. The lowest BCUT2D eigenvalue weighted by atomic mass is 10.0. The van der Waals surface area contributed by atoms with Crippen LogP contribution in [0.5, 0.6) is 0 Å². The molecular weight excluding hydrogens is 182 g/mol. The first-order chi connectivity index (χ1) is 6.64. The predicted octanol–water partition coefficient (Wildman–Crippen LogP) is 0.282. The van der Waals surface area contributed by atoms with E-state index in [1.54, 1.807) is 6.92 Å². The molecule has 84 valence electrons. The van der Waals surface area contributed by atoms with E-state index in [0.29, 0.717) is 19.1 Å². The maximum Gasteiger partial charge on any atom is 0.0763 e. The minimum atomic E-state index is -0.787. The molecule has 0 aromatic heterocycles. The Morgan fingerprint density at radius 1 is 1.50 bits per heavy atom. The van der Waals surface area contributed by atoms with Gasteiger partial charge >= 0.3 is 0 Å². The predicted molar refractivity (Wildman–Crippen MR) is 54.1 cm³/mol. The van der Waals surface area contributed by atoms with Crippen LogP contribution >= 0.6 is 0 Å². The van der Waals surface area contributed by atoms with Gasteiger partial charge in [0, 0.05) is 32.8 Å². The molecule has 1 unspecified atom stereocenters. The normalized spacial score (nSPS) is 23.4. The van der Waals surface area contributed by atoms with Gasteiger partial charge in [-0.1, -0.05) is 0 Å². The van der Waals surface area contributed by atoms with E-state index >= 15 is 0 Å². The number of hydrogen-bond donors (Lipinski definition) is 2. The fraction of sp³-hybridized carbons (Fsp3) is 1.00. The van der Waals surface area contributed by atoms with Crippen LogP contribution in [0.3, 0.4) is 0 Å². The van der Waals surface area contributed by atoms with Gasteiger partial charge in [0.05, 0.1) is 11.7 Å². The lowest BCUT2D eigenvalue weighted by Gasteiger charge is -2.25. The highest BCUT2D eigenvalue weighted by molar-refractivity contribution is 4.73. The molecule has 4 nitrogen and oxygen atoms in total. The largest absolute Gasteiger partial charge is 0.389 e. The van der Waals surface area contributed by atoms with Crippen LogP contribution in [0.1, 0.15) is 26.2 Å². The highest BCUT2D eigenvalue weighted by Gasteiger charge is 2.19. The van der Waals surface area contributed by atoms with E-state index in [4.69, 9.17) is 15.2 Å². The van der Waals surface area contributed by atoms with Crippen molar-refractivity contribution in [1.29, 1.82) is 0 Å². The van der Waals surface area contributed by atoms with Gasteiger partial charge in [-0.15, -0.1) is 0 Å². The molecule has 1 fully saturated rings. The second-order valence-electron chi connectivity index (χ2n) is 4.13. The first kappa shape index (κ1) is 11.9. The molecule has 1 saturated heterocycles.